The number of carbonyl (C=O) groups excluding carboxylic acids is 1. The standard InChI is InChI=1S/C18H19ClN4O3S/c1-9(10-3-4-10)23-8-12-5-11(13-7-21-17(20)16(19)22-13)6-14(27(2,25)26)15(12)18(23)24/h5-7,9-10H,3-4,8H2,1-2H3,(H2,20,21). The Hall–Kier alpha value is -2.19. The lowest BCUT2D eigenvalue weighted by molar-refractivity contribution is 0.0694. The smallest absolute Gasteiger partial charge is 0.256 e. The lowest BCUT2D eigenvalue weighted by Crippen LogP contribution is -2.35. The number of anilines is 1. The number of amides is 1. The molecule has 1 aliphatic heterocycles. The topological polar surface area (TPSA) is 106 Å². The van der Waals surface area contributed by atoms with Crippen molar-refractivity contribution in [3.05, 3.63) is 34.6 Å². The van der Waals surface area contributed by atoms with Gasteiger partial charge in [0.15, 0.2) is 20.8 Å². The van der Waals surface area contributed by atoms with Crippen LogP contribution in [-0.2, 0) is 16.4 Å². The second-order valence-electron chi connectivity index (χ2n) is 7.22. The summed E-state index contributed by atoms with van der Waals surface area (Å²) in [7, 11) is -3.62. The van der Waals surface area contributed by atoms with Gasteiger partial charge in [0.2, 0.25) is 0 Å². The molecule has 7 nitrogen and oxygen atoms in total. The number of sulfone groups is 1. The number of nitrogen functional groups attached to an aromatic ring is 1. The number of fused-ring (bicyclic) bond motifs is 1. The average Bonchev–Trinajstić information content (AvgIpc) is 3.39. The molecule has 0 saturated heterocycles. The van der Waals surface area contributed by atoms with Crippen molar-refractivity contribution < 1.29 is 13.2 Å². The van der Waals surface area contributed by atoms with Crippen molar-refractivity contribution in [1.82, 2.24) is 14.9 Å². The van der Waals surface area contributed by atoms with E-state index in [2.05, 4.69) is 9.97 Å². The summed E-state index contributed by atoms with van der Waals surface area (Å²) < 4.78 is 24.8. The maximum Gasteiger partial charge on any atom is 0.256 e. The number of rotatable bonds is 4. The highest BCUT2D eigenvalue weighted by Crippen LogP contribution is 2.40. The Morgan fingerprint density at radius 3 is 2.63 bits per heavy atom. The molecule has 4 rings (SSSR count). The van der Waals surface area contributed by atoms with Gasteiger partial charge in [0, 0.05) is 24.4 Å². The molecule has 0 bridgehead atoms. The Bertz CT molecular complexity index is 1070. The van der Waals surface area contributed by atoms with Crippen LogP contribution in [-0.4, -0.2) is 41.5 Å². The summed E-state index contributed by atoms with van der Waals surface area (Å²) in [6.45, 7) is 2.41. The minimum Gasteiger partial charge on any atom is -0.381 e. The van der Waals surface area contributed by atoms with Crippen molar-refractivity contribution in [2.24, 2.45) is 5.92 Å². The van der Waals surface area contributed by atoms with Gasteiger partial charge in [-0.25, -0.2) is 18.4 Å². The van der Waals surface area contributed by atoms with E-state index in [1.54, 1.807) is 11.0 Å². The summed E-state index contributed by atoms with van der Waals surface area (Å²) >= 11 is 5.96. The molecule has 1 aromatic carbocycles. The molecular formula is C18H19ClN4O3S. The van der Waals surface area contributed by atoms with Crippen LogP contribution in [0.3, 0.4) is 0 Å². The predicted molar refractivity (Wildman–Crippen MR) is 102 cm³/mol. The minimum atomic E-state index is -3.62. The van der Waals surface area contributed by atoms with E-state index in [0.717, 1.165) is 19.1 Å². The number of benzene rings is 1. The summed E-state index contributed by atoms with van der Waals surface area (Å²) in [5, 5.41) is 0.0500. The summed E-state index contributed by atoms with van der Waals surface area (Å²) in [5.41, 5.74) is 7.50. The SMILES string of the molecule is CC(C1CC1)N1Cc2cc(-c3cnc(N)c(Cl)n3)cc(S(C)(=O)=O)c2C1=O. The van der Waals surface area contributed by atoms with Gasteiger partial charge in [0.1, 0.15) is 0 Å². The number of aromatic nitrogens is 2. The Morgan fingerprint density at radius 1 is 1.33 bits per heavy atom. The van der Waals surface area contributed by atoms with E-state index < -0.39 is 9.84 Å². The normalized spacial score (nSPS) is 17.9. The summed E-state index contributed by atoms with van der Waals surface area (Å²) in [5.74, 6) is 0.369. The Morgan fingerprint density at radius 2 is 2.04 bits per heavy atom. The van der Waals surface area contributed by atoms with Crippen molar-refractivity contribution in [3.63, 3.8) is 0 Å². The van der Waals surface area contributed by atoms with E-state index in [4.69, 9.17) is 17.3 Å². The van der Waals surface area contributed by atoms with Crippen LogP contribution < -0.4 is 5.73 Å². The third kappa shape index (κ3) is 3.17. The first kappa shape index (κ1) is 18.2. The van der Waals surface area contributed by atoms with E-state index >= 15 is 0 Å². The molecule has 0 radical (unpaired) electrons. The number of hydrogen-bond donors (Lipinski definition) is 1. The van der Waals surface area contributed by atoms with Gasteiger partial charge in [-0.15, -0.1) is 0 Å². The molecule has 1 atom stereocenters. The van der Waals surface area contributed by atoms with Gasteiger partial charge in [-0.3, -0.25) is 4.79 Å². The van der Waals surface area contributed by atoms with Gasteiger partial charge in [-0.2, -0.15) is 0 Å². The van der Waals surface area contributed by atoms with Gasteiger partial charge in [-0.05, 0) is 43.4 Å². The highest BCUT2D eigenvalue weighted by molar-refractivity contribution is 7.90. The third-order valence-electron chi connectivity index (χ3n) is 5.25. The number of nitrogens with two attached hydrogens (primary N) is 1. The number of nitrogens with zero attached hydrogens (tertiary/aromatic N) is 3. The maximum absolute atomic E-state index is 13.0. The van der Waals surface area contributed by atoms with Gasteiger partial charge >= 0.3 is 0 Å². The van der Waals surface area contributed by atoms with Gasteiger partial charge in [0.05, 0.1) is 22.3 Å². The zero-order valence-electron chi connectivity index (χ0n) is 14.9. The van der Waals surface area contributed by atoms with Crippen LogP contribution in [0.4, 0.5) is 5.82 Å². The van der Waals surface area contributed by atoms with Crippen LogP contribution in [0.15, 0.2) is 23.2 Å². The van der Waals surface area contributed by atoms with Crippen LogP contribution >= 0.6 is 11.6 Å². The molecule has 1 saturated carbocycles. The quantitative estimate of drug-likeness (QED) is 0.836. The molecule has 2 heterocycles. The van der Waals surface area contributed by atoms with Crippen LogP contribution in [0, 0.1) is 5.92 Å². The fourth-order valence-corrected chi connectivity index (χ4v) is 4.63. The van der Waals surface area contributed by atoms with Crippen molar-refractivity contribution in [2.75, 3.05) is 12.0 Å². The number of hydrogen-bond acceptors (Lipinski definition) is 6. The molecule has 1 aromatic heterocycles. The highest BCUT2D eigenvalue weighted by Gasteiger charge is 2.40. The van der Waals surface area contributed by atoms with E-state index in [-0.39, 0.29) is 33.4 Å². The Balaban J connectivity index is 1.85. The van der Waals surface area contributed by atoms with Crippen molar-refractivity contribution in [3.8, 4) is 11.3 Å². The number of halogens is 1. The van der Waals surface area contributed by atoms with E-state index in [9.17, 15) is 13.2 Å². The van der Waals surface area contributed by atoms with Crippen molar-refractivity contribution >= 4 is 33.2 Å². The zero-order chi connectivity index (χ0) is 19.5. The molecule has 0 spiro atoms. The van der Waals surface area contributed by atoms with Crippen LogP contribution in [0.5, 0.6) is 0 Å². The largest absolute Gasteiger partial charge is 0.381 e. The zero-order valence-corrected chi connectivity index (χ0v) is 16.5. The first-order chi connectivity index (χ1) is 12.7. The third-order valence-corrected chi connectivity index (χ3v) is 6.65. The number of carbonyl (C=O) groups is 1. The first-order valence-electron chi connectivity index (χ1n) is 8.63. The maximum atomic E-state index is 13.0. The van der Waals surface area contributed by atoms with E-state index in [1.807, 2.05) is 6.92 Å². The predicted octanol–water partition coefficient (Wildman–Crippen LogP) is 2.54. The molecule has 1 aliphatic carbocycles. The van der Waals surface area contributed by atoms with Gasteiger partial charge in [0.25, 0.3) is 5.91 Å². The molecule has 1 unspecified atom stereocenters. The Kier molecular flexibility index (Phi) is 4.16. The molecular weight excluding hydrogens is 388 g/mol. The molecule has 2 N–H and O–H groups in total. The molecule has 27 heavy (non-hydrogen) atoms. The summed E-state index contributed by atoms with van der Waals surface area (Å²) in [6.07, 6.45) is 4.75. The highest BCUT2D eigenvalue weighted by atomic mass is 35.5. The monoisotopic (exact) mass is 406 g/mol. The van der Waals surface area contributed by atoms with E-state index in [0.29, 0.717) is 29.3 Å². The van der Waals surface area contributed by atoms with Crippen molar-refractivity contribution in [2.45, 2.75) is 37.2 Å². The van der Waals surface area contributed by atoms with Crippen LogP contribution in [0.1, 0.15) is 35.7 Å². The summed E-state index contributed by atoms with van der Waals surface area (Å²) in [6, 6.07) is 3.35. The van der Waals surface area contributed by atoms with Crippen LogP contribution in [0.25, 0.3) is 11.3 Å². The van der Waals surface area contributed by atoms with E-state index in [1.165, 1.54) is 12.3 Å². The fraction of sp³-hybridized carbons (Fsp3) is 0.389. The molecule has 9 heteroatoms. The second kappa shape index (κ2) is 6.17. The molecule has 2 aliphatic rings. The molecule has 1 fully saturated rings. The average molecular weight is 407 g/mol. The summed E-state index contributed by atoms with van der Waals surface area (Å²) in [4.78, 5) is 22.9. The van der Waals surface area contributed by atoms with Crippen molar-refractivity contribution in [1.29, 1.82) is 0 Å². The van der Waals surface area contributed by atoms with Gasteiger partial charge in [-0.1, -0.05) is 11.6 Å². The fourth-order valence-electron chi connectivity index (χ4n) is 3.56. The minimum absolute atomic E-state index is 0.0141. The lowest BCUT2D eigenvalue weighted by Gasteiger charge is -2.24. The first-order valence-corrected chi connectivity index (χ1v) is 10.9. The Labute approximate surface area is 162 Å². The molecule has 1 amide bonds. The lowest BCUT2D eigenvalue weighted by atomic mass is 10.0. The molecule has 2 aromatic rings. The van der Waals surface area contributed by atoms with Gasteiger partial charge < -0.3 is 10.6 Å². The van der Waals surface area contributed by atoms with Crippen LogP contribution in [0.2, 0.25) is 5.15 Å². The molecule has 142 valence electrons. The second-order valence-corrected chi connectivity index (χ2v) is 9.57.